The first-order valence-corrected chi connectivity index (χ1v) is 18.2. The Labute approximate surface area is 310 Å². The molecule has 1 fully saturated rings. The van der Waals surface area contributed by atoms with Gasteiger partial charge in [0.2, 0.25) is 12.3 Å². The second-order valence-corrected chi connectivity index (χ2v) is 13.5. The maximum Gasteiger partial charge on any atom is 0.333 e. The number of amides is 4. The van der Waals surface area contributed by atoms with Gasteiger partial charge in [-0.15, -0.1) is 6.42 Å². The molecule has 0 saturated carbocycles. The molecule has 1 aliphatic heterocycles. The Hall–Kier alpha value is -4.57. The van der Waals surface area contributed by atoms with Crippen LogP contribution in [0.1, 0.15) is 29.2 Å². The average Bonchev–Trinajstić information content (AvgIpc) is 3.73. The first kappa shape index (κ1) is 35.3. The summed E-state index contributed by atoms with van der Waals surface area (Å²) in [5.41, 5.74) is 4.66. The summed E-state index contributed by atoms with van der Waals surface area (Å²) in [7, 11) is 0. The lowest BCUT2D eigenvalue weighted by Crippen LogP contribution is -2.58. The van der Waals surface area contributed by atoms with E-state index in [4.69, 9.17) is 22.4 Å². The summed E-state index contributed by atoms with van der Waals surface area (Å²) in [5.74, 6) is 2.43. The van der Waals surface area contributed by atoms with Crippen molar-refractivity contribution in [1.29, 1.82) is 0 Å². The van der Waals surface area contributed by atoms with Gasteiger partial charge in [0, 0.05) is 34.0 Å². The summed E-state index contributed by atoms with van der Waals surface area (Å²) >= 11 is 8.56. The molecule has 0 unspecified atom stereocenters. The Kier molecular flexibility index (Phi) is 11.3. The van der Waals surface area contributed by atoms with Gasteiger partial charge in [-0.05, 0) is 70.6 Å². The van der Waals surface area contributed by atoms with Crippen molar-refractivity contribution >= 4 is 74.3 Å². The van der Waals surface area contributed by atoms with E-state index in [1.807, 2.05) is 85.8 Å². The number of urea groups is 1. The smallest absolute Gasteiger partial charge is 0.333 e. The number of hydrazine groups is 1. The predicted molar refractivity (Wildman–Crippen MR) is 204 cm³/mol. The quantitative estimate of drug-likeness (QED) is 0.0601. The van der Waals surface area contributed by atoms with Crippen LogP contribution in [-0.2, 0) is 33.5 Å². The fraction of sp³-hybridized carbons (Fsp3) is 0.256. The van der Waals surface area contributed by atoms with E-state index in [-0.39, 0.29) is 38.1 Å². The van der Waals surface area contributed by atoms with Crippen LogP contribution in [0.25, 0.3) is 21.7 Å². The molecule has 5 aromatic rings. The molecule has 0 radical (unpaired) electrons. The van der Waals surface area contributed by atoms with Gasteiger partial charge in [-0.3, -0.25) is 9.59 Å². The normalized spacial score (nSPS) is 15.3. The lowest BCUT2D eigenvalue weighted by molar-refractivity contribution is -0.132. The highest BCUT2D eigenvalue weighted by atomic mass is 127. The summed E-state index contributed by atoms with van der Waals surface area (Å²) in [6.45, 7) is 2.55. The fourth-order valence-electron chi connectivity index (χ4n) is 6.66. The lowest BCUT2D eigenvalue weighted by Gasteiger charge is -2.40. The van der Waals surface area contributed by atoms with Gasteiger partial charge in [0.05, 0.1) is 25.9 Å². The number of terminal acetylenes is 1. The molecule has 1 aliphatic rings. The molecule has 50 heavy (non-hydrogen) atoms. The van der Waals surface area contributed by atoms with E-state index in [0.29, 0.717) is 18.0 Å². The van der Waals surface area contributed by atoms with Gasteiger partial charge < -0.3 is 19.5 Å². The Morgan fingerprint density at radius 1 is 1.08 bits per heavy atom. The number of nitrogens with one attached hydrogen (secondary N) is 1. The van der Waals surface area contributed by atoms with E-state index in [9.17, 15) is 14.4 Å². The van der Waals surface area contributed by atoms with Crippen LogP contribution < -0.4 is 5.32 Å². The van der Waals surface area contributed by atoms with Crippen molar-refractivity contribution in [2.45, 2.75) is 43.1 Å². The summed E-state index contributed by atoms with van der Waals surface area (Å²) in [6, 6.07) is 26.8. The number of hydrogen-bond acceptors (Lipinski definition) is 5. The molecule has 6 rings (SSSR count). The van der Waals surface area contributed by atoms with Gasteiger partial charge in [-0.2, -0.15) is 5.01 Å². The molecule has 0 spiro atoms. The third kappa shape index (κ3) is 7.75. The molecule has 1 saturated heterocycles. The van der Waals surface area contributed by atoms with Crippen molar-refractivity contribution in [3.8, 4) is 12.3 Å². The monoisotopic (exact) mass is 801 g/mol. The standard InChI is InChI=1S/C39H37ClIN5O4/c1-3-16-44(39(49)42-22-29-11-13-35(40)33(20-29)21-41)45-25-38(48)46(27(2)18-28-12-14-36-31(19-28)15-17-50-36)37(45)24-43(26-47)23-32-9-6-8-30-7-4-5-10-34(30)32/h1,4-15,17,19-20,26-27,37H,16,18,21-25H2,2H3,(H,42,49)/t27-,37-/m1/s1. The van der Waals surface area contributed by atoms with Crippen LogP contribution >= 0.6 is 34.2 Å². The van der Waals surface area contributed by atoms with Crippen LogP contribution in [0.2, 0.25) is 5.02 Å². The van der Waals surface area contributed by atoms with Crippen molar-refractivity contribution in [3.05, 3.63) is 118 Å². The van der Waals surface area contributed by atoms with Crippen molar-refractivity contribution in [3.63, 3.8) is 0 Å². The van der Waals surface area contributed by atoms with Gasteiger partial charge in [-0.25, -0.2) is 9.80 Å². The minimum Gasteiger partial charge on any atom is -0.464 e. The summed E-state index contributed by atoms with van der Waals surface area (Å²) in [4.78, 5) is 44.0. The van der Waals surface area contributed by atoms with E-state index in [1.165, 1.54) is 5.01 Å². The van der Waals surface area contributed by atoms with Crippen LogP contribution in [0, 0.1) is 12.3 Å². The summed E-state index contributed by atoms with van der Waals surface area (Å²) < 4.78 is 6.25. The summed E-state index contributed by atoms with van der Waals surface area (Å²) in [5, 5.41) is 9.84. The summed E-state index contributed by atoms with van der Waals surface area (Å²) in [6.07, 6.45) is 8.14. The Morgan fingerprint density at radius 2 is 1.88 bits per heavy atom. The first-order valence-electron chi connectivity index (χ1n) is 16.3. The molecule has 4 aromatic carbocycles. The number of carbonyl (C=O) groups excluding carboxylic acids is 3. The highest BCUT2D eigenvalue weighted by Gasteiger charge is 2.45. The SMILES string of the molecule is C#CCN(C(=O)NCc1ccc(Cl)c(CI)c1)N1CC(=O)N([C@H](C)Cc2ccc3occc3c2)[C@@H]1CN(C=O)Cc1cccc2ccccc12. The minimum absolute atomic E-state index is 0.0704. The largest absolute Gasteiger partial charge is 0.464 e. The van der Waals surface area contributed by atoms with Crippen LogP contribution in [0.3, 0.4) is 0 Å². The van der Waals surface area contributed by atoms with E-state index in [0.717, 1.165) is 54.8 Å². The van der Waals surface area contributed by atoms with Crippen molar-refractivity contribution in [2.24, 2.45) is 0 Å². The molecular formula is C39H37ClIN5O4. The van der Waals surface area contributed by atoms with Crippen LogP contribution in [0.5, 0.6) is 0 Å². The van der Waals surface area contributed by atoms with E-state index >= 15 is 0 Å². The molecule has 0 aliphatic carbocycles. The number of rotatable bonds is 13. The molecule has 256 valence electrons. The van der Waals surface area contributed by atoms with Crippen LogP contribution in [0.4, 0.5) is 4.79 Å². The van der Waals surface area contributed by atoms with Gasteiger partial charge in [-0.1, -0.05) is 101 Å². The van der Waals surface area contributed by atoms with Gasteiger partial charge in [0.15, 0.2) is 0 Å². The van der Waals surface area contributed by atoms with Crippen molar-refractivity contribution in [1.82, 2.24) is 25.1 Å². The van der Waals surface area contributed by atoms with Gasteiger partial charge in [0.25, 0.3) is 0 Å². The number of benzene rings is 4. The zero-order valence-electron chi connectivity index (χ0n) is 27.6. The Bertz CT molecular complexity index is 2060. The lowest BCUT2D eigenvalue weighted by atomic mass is 10.0. The molecule has 11 heteroatoms. The molecule has 9 nitrogen and oxygen atoms in total. The highest BCUT2D eigenvalue weighted by Crippen LogP contribution is 2.27. The second-order valence-electron chi connectivity index (χ2n) is 12.4. The maximum atomic E-state index is 14.0. The Morgan fingerprint density at radius 3 is 2.68 bits per heavy atom. The average molecular weight is 802 g/mol. The zero-order valence-corrected chi connectivity index (χ0v) is 30.5. The van der Waals surface area contributed by atoms with Crippen LogP contribution in [-0.4, -0.2) is 70.0 Å². The molecule has 1 N–H and O–H groups in total. The van der Waals surface area contributed by atoms with E-state index in [1.54, 1.807) is 21.1 Å². The highest BCUT2D eigenvalue weighted by molar-refractivity contribution is 14.1. The molecule has 2 heterocycles. The topological polar surface area (TPSA) is 89.3 Å². The van der Waals surface area contributed by atoms with Gasteiger partial charge >= 0.3 is 6.03 Å². The van der Waals surface area contributed by atoms with Gasteiger partial charge in [0.1, 0.15) is 11.7 Å². The third-order valence-electron chi connectivity index (χ3n) is 9.06. The van der Waals surface area contributed by atoms with Crippen molar-refractivity contribution < 1.29 is 18.8 Å². The number of hydrogen-bond donors (Lipinski definition) is 1. The Balaban J connectivity index is 1.29. The second kappa shape index (κ2) is 16.0. The molecule has 2 atom stereocenters. The maximum absolute atomic E-state index is 14.0. The fourth-order valence-corrected chi connectivity index (χ4v) is 7.71. The van der Waals surface area contributed by atoms with Crippen LogP contribution in [0.15, 0.2) is 95.6 Å². The predicted octanol–water partition coefficient (Wildman–Crippen LogP) is 6.99. The van der Waals surface area contributed by atoms with E-state index in [2.05, 4.69) is 39.9 Å². The number of fused-ring (bicyclic) bond motifs is 2. The number of halogens is 2. The molecule has 0 bridgehead atoms. The minimum atomic E-state index is -0.671. The van der Waals surface area contributed by atoms with Crippen molar-refractivity contribution in [2.75, 3.05) is 19.6 Å². The zero-order chi connectivity index (χ0) is 35.2. The van der Waals surface area contributed by atoms with E-state index < -0.39 is 12.2 Å². The first-order chi connectivity index (χ1) is 24.3. The molecule has 4 amide bonds. The number of furan rings is 1. The molecule has 1 aromatic heterocycles. The number of nitrogens with zero attached hydrogens (tertiary/aromatic N) is 4. The number of alkyl halides is 1. The molecular weight excluding hydrogens is 765 g/mol. The number of carbonyl (C=O) groups is 3. The third-order valence-corrected chi connectivity index (χ3v) is 10.2.